The SMILES string of the molecule is CC(C)(C)C1CC(C(=O)N2CCC3(CC2)NC(=O)c2ccccc2N3)NN1. The number of carbonyl (C=O) groups excluding carboxylic acids is 2. The van der Waals surface area contributed by atoms with Crippen LogP contribution in [0.4, 0.5) is 5.69 Å². The van der Waals surface area contributed by atoms with Crippen molar-refractivity contribution in [3.05, 3.63) is 29.8 Å². The molecule has 0 aromatic heterocycles. The van der Waals surface area contributed by atoms with Crippen LogP contribution >= 0.6 is 0 Å². The Bertz CT molecular complexity index is 749. The largest absolute Gasteiger partial charge is 0.362 e. The molecular weight excluding hydrogens is 342 g/mol. The normalized spacial score (nSPS) is 27.1. The second kappa shape index (κ2) is 6.49. The van der Waals surface area contributed by atoms with Crippen LogP contribution in [0.1, 0.15) is 50.4 Å². The fourth-order valence-corrected chi connectivity index (χ4v) is 4.23. The summed E-state index contributed by atoms with van der Waals surface area (Å²) in [6.07, 6.45) is 2.19. The van der Waals surface area contributed by atoms with Crippen molar-refractivity contribution in [2.75, 3.05) is 18.4 Å². The zero-order valence-electron chi connectivity index (χ0n) is 16.3. The van der Waals surface area contributed by atoms with Gasteiger partial charge < -0.3 is 15.5 Å². The highest BCUT2D eigenvalue weighted by Gasteiger charge is 2.43. The topological polar surface area (TPSA) is 85.5 Å². The second-order valence-corrected chi connectivity index (χ2v) is 9.03. The number of piperidine rings is 1. The molecule has 2 saturated heterocycles. The van der Waals surface area contributed by atoms with E-state index in [0.29, 0.717) is 31.5 Å². The molecule has 3 heterocycles. The maximum atomic E-state index is 12.9. The number of rotatable bonds is 1. The minimum atomic E-state index is -0.461. The number of fused-ring (bicyclic) bond motifs is 1. The van der Waals surface area contributed by atoms with Gasteiger partial charge in [0.2, 0.25) is 5.91 Å². The molecule has 4 rings (SSSR count). The highest BCUT2D eigenvalue weighted by Crippen LogP contribution is 2.32. The first-order valence-corrected chi connectivity index (χ1v) is 9.77. The minimum absolute atomic E-state index is 0.0428. The average Bonchev–Trinajstić information content (AvgIpc) is 3.12. The summed E-state index contributed by atoms with van der Waals surface area (Å²) in [5, 5.41) is 6.63. The number of benzene rings is 1. The van der Waals surface area contributed by atoms with Gasteiger partial charge in [-0.25, -0.2) is 5.43 Å². The number of anilines is 1. The number of nitrogens with one attached hydrogen (secondary N) is 4. The molecule has 27 heavy (non-hydrogen) atoms. The van der Waals surface area contributed by atoms with Gasteiger partial charge in [0, 0.05) is 37.7 Å². The third-order valence-corrected chi connectivity index (χ3v) is 6.07. The summed E-state index contributed by atoms with van der Waals surface area (Å²) in [7, 11) is 0. The molecule has 0 saturated carbocycles. The number of amides is 2. The van der Waals surface area contributed by atoms with Gasteiger partial charge in [0.15, 0.2) is 0 Å². The Kier molecular flexibility index (Phi) is 4.39. The summed E-state index contributed by atoms with van der Waals surface area (Å²) in [4.78, 5) is 27.3. The average molecular weight is 371 g/mol. The number of hydrogen-bond donors (Lipinski definition) is 4. The molecule has 2 fully saturated rings. The van der Waals surface area contributed by atoms with Crippen LogP contribution in [-0.2, 0) is 4.79 Å². The lowest BCUT2D eigenvalue weighted by molar-refractivity contribution is -0.134. The van der Waals surface area contributed by atoms with E-state index < -0.39 is 5.66 Å². The van der Waals surface area contributed by atoms with Crippen LogP contribution in [0.5, 0.6) is 0 Å². The predicted octanol–water partition coefficient (Wildman–Crippen LogP) is 1.44. The molecule has 7 heteroatoms. The van der Waals surface area contributed by atoms with Crippen molar-refractivity contribution >= 4 is 17.5 Å². The van der Waals surface area contributed by atoms with Crippen LogP contribution in [0.2, 0.25) is 0 Å². The number of carbonyl (C=O) groups is 2. The van der Waals surface area contributed by atoms with Crippen molar-refractivity contribution in [3.63, 3.8) is 0 Å². The Morgan fingerprint density at radius 1 is 1.11 bits per heavy atom. The molecule has 2 atom stereocenters. The highest BCUT2D eigenvalue weighted by molar-refractivity contribution is 6.02. The summed E-state index contributed by atoms with van der Waals surface area (Å²) in [5.41, 5.74) is 7.64. The first-order valence-electron chi connectivity index (χ1n) is 9.77. The zero-order chi connectivity index (χ0) is 19.2. The molecule has 2 unspecified atom stereocenters. The molecular formula is C20H29N5O2. The number of para-hydroxylation sites is 1. The van der Waals surface area contributed by atoms with Gasteiger partial charge in [0.25, 0.3) is 5.91 Å². The van der Waals surface area contributed by atoms with Gasteiger partial charge in [-0.3, -0.25) is 15.0 Å². The predicted molar refractivity (Wildman–Crippen MR) is 104 cm³/mol. The van der Waals surface area contributed by atoms with E-state index in [0.717, 1.165) is 12.1 Å². The van der Waals surface area contributed by atoms with E-state index >= 15 is 0 Å². The molecule has 4 N–H and O–H groups in total. The molecule has 2 amide bonds. The molecule has 146 valence electrons. The standard InChI is InChI=1S/C20H29N5O2/c1-19(2,3)16-12-15(23-24-16)18(27)25-10-8-20(9-11-25)21-14-7-5-4-6-13(14)17(26)22-20/h4-7,15-16,21,23-24H,8-12H2,1-3H3,(H,22,26). The van der Waals surface area contributed by atoms with Crippen molar-refractivity contribution in [3.8, 4) is 0 Å². The van der Waals surface area contributed by atoms with E-state index in [4.69, 9.17) is 0 Å². The molecule has 3 aliphatic rings. The minimum Gasteiger partial charge on any atom is -0.362 e. The Balaban J connectivity index is 1.38. The molecule has 1 aromatic rings. The van der Waals surface area contributed by atoms with Gasteiger partial charge in [0.1, 0.15) is 11.7 Å². The van der Waals surface area contributed by atoms with Crippen molar-refractivity contribution in [1.29, 1.82) is 0 Å². The molecule has 0 radical (unpaired) electrons. The molecule has 1 spiro atoms. The first kappa shape index (κ1) is 18.3. The molecule has 1 aromatic carbocycles. The molecule has 0 aliphatic carbocycles. The van der Waals surface area contributed by atoms with Crippen LogP contribution in [0.3, 0.4) is 0 Å². The van der Waals surface area contributed by atoms with Gasteiger partial charge in [0.05, 0.1) is 5.56 Å². The van der Waals surface area contributed by atoms with Crippen LogP contribution in [0.25, 0.3) is 0 Å². The van der Waals surface area contributed by atoms with Crippen molar-refractivity contribution < 1.29 is 9.59 Å². The summed E-state index contributed by atoms with van der Waals surface area (Å²) in [5.74, 6) is 0.102. The van der Waals surface area contributed by atoms with Crippen LogP contribution < -0.4 is 21.5 Å². The van der Waals surface area contributed by atoms with Gasteiger partial charge in [-0.1, -0.05) is 32.9 Å². The summed E-state index contributed by atoms with van der Waals surface area (Å²) >= 11 is 0. The van der Waals surface area contributed by atoms with Crippen LogP contribution in [-0.4, -0.2) is 47.6 Å². The fraction of sp³-hybridized carbons (Fsp3) is 0.600. The maximum Gasteiger partial charge on any atom is 0.255 e. The third-order valence-electron chi connectivity index (χ3n) is 6.07. The van der Waals surface area contributed by atoms with Crippen molar-refractivity contribution in [2.45, 2.75) is 57.8 Å². The zero-order valence-corrected chi connectivity index (χ0v) is 16.3. The van der Waals surface area contributed by atoms with Gasteiger partial charge in [-0.2, -0.15) is 0 Å². The summed E-state index contributed by atoms with van der Waals surface area (Å²) in [6, 6.07) is 7.66. The monoisotopic (exact) mass is 371 g/mol. The lowest BCUT2D eigenvalue weighted by Crippen LogP contribution is -2.63. The number of nitrogens with zero attached hydrogens (tertiary/aromatic N) is 1. The second-order valence-electron chi connectivity index (χ2n) is 9.03. The number of hydrogen-bond acceptors (Lipinski definition) is 5. The van der Waals surface area contributed by atoms with Crippen LogP contribution in [0, 0.1) is 5.41 Å². The quantitative estimate of drug-likeness (QED) is 0.600. The molecule has 7 nitrogen and oxygen atoms in total. The van der Waals surface area contributed by atoms with Crippen molar-refractivity contribution in [1.82, 2.24) is 21.1 Å². The van der Waals surface area contributed by atoms with Crippen molar-refractivity contribution in [2.24, 2.45) is 5.41 Å². The Morgan fingerprint density at radius 2 is 1.81 bits per heavy atom. The lowest BCUT2D eigenvalue weighted by Gasteiger charge is -2.46. The third kappa shape index (κ3) is 3.41. The fourth-order valence-electron chi connectivity index (χ4n) is 4.23. The van der Waals surface area contributed by atoms with E-state index in [1.165, 1.54) is 0 Å². The van der Waals surface area contributed by atoms with E-state index in [-0.39, 0.29) is 29.3 Å². The number of likely N-dealkylation sites (tertiary alicyclic amines) is 1. The smallest absolute Gasteiger partial charge is 0.255 e. The Hall–Kier alpha value is -2.12. The van der Waals surface area contributed by atoms with E-state index in [9.17, 15) is 9.59 Å². The summed E-state index contributed by atoms with van der Waals surface area (Å²) in [6.45, 7) is 7.80. The lowest BCUT2D eigenvalue weighted by atomic mass is 9.84. The Morgan fingerprint density at radius 3 is 2.48 bits per heavy atom. The molecule has 3 aliphatic heterocycles. The van der Waals surface area contributed by atoms with Gasteiger partial charge >= 0.3 is 0 Å². The van der Waals surface area contributed by atoms with Gasteiger partial charge in [-0.05, 0) is 24.0 Å². The Labute approximate surface area is 160 Å². The number of hydrazine groups is 1. The van der Waals surface area contributed by atoms with E-state index in [2.05, 4.69) is 42.3 Å². The van der Waals surface area contributed by atoms with E-state index in [1.807, 2.05) is 29.2 Å². The summed E-state index contributed by atoms with van der Waals surface area (Å²) < 4.78 is 0. The van der Waals surface area contributed by atoms with Crippen LogP contribution in [0.15, 0.2) is 24.3 Å². The van der Waals surface area contributed by atoms with Gasteiger partial charge in [-0.15, -0.1) is 0 Å². The maximum absolute atomic E-state index is 12.9. The molecule has 0 bridgehead atoms. The first-order chi connectivity index (χ1) is 12.8. The van der Waals surface area contributed by atoms with E-state index in [1.54, 1.807) is 0 Å². The highest BCUT2D eigenvalue weighted by atomic mass is 16.2.